The zero-order valence-corrected chi connectivity index (χ0v) is 5.86. The van der Waals surface area contributed by atoms with E-state index in [0.717, 1.165) is 11.9 Å². The molecule has 0 unspecified atom stereocenters. The summed E-state index contributed by atoms with van der Waals surface area (Å²) >= 11 is 0. The topological polar surface area (TPSA) is 64.4 Å². The minimum absolute atomic E-state index is 0.826. The van der Waals surface area contributed by atoms with Crippen LogP contribution >= 0.6 is 0 Å². The Kier molecular flexibility index (Phi) is 2.80. The number of nitrogens with one attached hydrogen (secondary N) is 2. The number of nitrogens with zero attached hydrogens (tertiary/aromatic N) is 2. The Balaban J connectivity index is 2.49. The fourth-order valence-electron chi connectivity index (χ4n) is 0.577. The molecule has 1 aromatic heterocycles. The molecule has 0 saturated heterocycles. The number of rotatable bonds is 3. The van der Waals surface area contributed by atoms with E-state index in [2.05, 4.69) is 15.0 Å². The van der Waals surface area contributed by atoms with Gasteiger partial charge in [0.25, 0.3) is 0 Å². The first kappa shape index (κ1) is 7.40. The van der Waals surface area contributed by atoms with E-state index in [0.29, 0.717) is 0 Å². The number of aromatic nitrogens is 1. The molecular formula is C7H8N4. The molecular weight excluding hydrogens is 140 g/mol. The van der Waals surface area contributed by atoms with Crippen molar-refractivity contribution >= 4 is 24.5 Å². The van der Waals surface area contributed by atoms with Crippen LogP contribution in [0.4, 0.5) is 5.69 Å². The van der Waals surface area contributed by atoms with E-state index in [1.807, 2.05) is 6.07 Å². The van der Waals surface area contributed by atoms with Crippen molar-refractivity contribution in [2.75, 3.05) is 0 Å². The quantitative estimate of drug-likeness (QED) is 0.480. The number of hydrogen-bond acceptors (Lipinski definition) is 2. The predicted molar refractivity (Wildman–Crippen MR) is 46.2 cm³/mol. The minimum atomic E-state index is 0.826. The van der Waals surface area contributed by atoms with Gasteiger partial charge in [0.05, 0.1) is 5.69 Å². The van der Waals surface area contributed by atoms with E-state index < -0.39 is 0 Å². The SMILES string of the molecule is N=CC=NC=Nc1cc[nH]c1. The van der Waals surface area contributed by atoms with Crippen molar-refractivity contribution in [3.8, 4) is 0 Å². The van der Waals surface area contributed by atoms with Crippen LogP contribution in [0.3, 0.4) is 0 Å². The third-order valence-corrected chi connectivity index (χ3v) is 1.02. The van der Waals surface area contributed by atoms with Crippen LogP contribution in [-0.2, 0) is 0 Å². The Bertz CT molecular complexity index is 258. The maximum absolute atomic E-state index is 6.61. The molecule has 0 spiro atoms. The van der Waals surface area contributed by atoms with Gasteiger partial charge in [-0.05, 0) is 6.07 Å². The zero-order valence-electron chi connectivity index (χ0n) is 5.86. The van der Waals surface area contributed by atoms with Crippen molar-refractivity contribution in [1.29, 1.82) is 5.41 Å². The highest BCUT2D eigenvalue weighted by molar-refractivity contribution is 6.16. The second-order valence-electron chi connectivity index (χ2n) is 1.78. The summed E-state index contributed by atoms with van der Waals surface area (Å²) in [6, 6.07) is 1.83. The maximum Gasteiger partial charge on any atom is 0.116 e. The molecule has 0 saturated carbocycles. The third-order valence-electron chi connectivity index (χ3n) is 1.02. The van der Waals surface area contributed by atoms with Gasteiger partial charge < -0.3 is 10.4 Å². The highest BCUT2D eigenvalue weighted by Crippen LogP contribution is 2.06. The van der Waals surface area contributed by atoms with Crippen molar-refractivity contribution in [2.24, 2.45) is 9.98 Å². The summed E-state index contributed by atoms with van der Waals surface area (Å²) in [5, 5.41) is 6.61. The first-order valence-electron chi connectivity index (χ1n) is 3.11. The molecule has 1 heterocycles. The van der Waals surface area contributed by atoms with Gasteiger partial charge in [-0.1, -0.05) is 0 Å². The number of aromatic amines is 1. The minimum Gasteiger partial charge on any atom is -0.366 e. The number of aliphatic imine (C=N–C) groups is 2. The van der Waals surface area contributed by atoms with E-state index >= 15 is 0 Å². The van der Waals surface area contributed by atoms with Crippen molar-refractivity contribution in [3.05, 3.63) is 18.5 Å². The highest BCUT2D eigenvalue weighted by atomic mass is 14.9. The van der Waals surface area contributed by atoms with Gasteiger partial charge in [-0.15, -0.1) is 0 Å². The highest BCUT2D eigenvalue weighted by Gasteiger charge is 1.81. The van der Waals surface area contributed by atoms with Gasteiger partial charge >= 0.3 is 0 Å². The van der Waals surface area contributed by atoms with Crippen LogP contribution in [0.25, 0.3) is 0 Å². The lowest BCUT2D eigenvalue weighted by Gasteiger charge is -1.78. The summed E-state index contributed by atoms with van der Waals surface area (Å²) in [5.74, 6) is 0. The van der Waals surface area contributed by atoms with Gasteiger partial charge in [0.2, 0.25) is 0 Å². The van der Waals surface area contributed by atoms with Gasteiger partial charge in [-0.3, -0.25) is 0 Å². The largest absolute Gasteiger partial charge is 0.366 e. The third kappa shape index (κ3) is 2.57. The predicted octanol–water partition coefficient (Wildman–Crippen LogP) is 1.39. The average molecular weight is 148 g/mol. The summed E-state index contributed by atoms with van der Waals surface area (Å²) in [5.41, 5.74) is 0.826. The summed E-state index contributed by atoms with van der Waals surface area (Å²) in [4.78, 5) is 10.5. The maximum atomic E-state index is 6.61. The first-order chi connectivity index (χ1) is 5.43. The van der Waals surface area contributed by atoms with E-state index in [9.17, 15) is 0 Å². The molecule has 4 heteroatoms. The van der Waals surface area contributed by atoms with E-state index in [-0.39, 0.29) is 0 Å². The second kappa shape index (κ2) is 4.16. The molecule has 0 amide bonds. The van der Waals surface area contributed by atoms with E-state index in [1.54, 1.807) is 12.4 Å². The van der Waals surface area contributed by atoms with Gasteiger partial charge in [0, 0.05) is 24.8 Å². The lowest BCUT2D eigenvalue weighted by atomic mass is 10.6. The fraction of sp³-hybridized carbons (Fsp3) is 0. The Labute approximate surface area is 64.2 Å². The Morgan fingerprint density at radius 3 is 3.09 bits per heavy atom. The molecule has 0 fully saturated rings. The molecule has 0 aliphatic heterocycles. The summed E-state index contributed by atoms with van der Waals surface area (Å²) in [7, 11) is 0. The molecule has 0 aliphatic carbocycles. The molecule has 1 rings (SSSR count). The smallest absolute Gasteiger partial charge is 0.116 e. The molecule has 0 aliphatic rings. The van der Waals surface area contributed by atoms with Gasteiger partial charge in [0.15, 0.2) is 0 Å². The van der Waals surface area contributed by atoms with Crippen LogP contribution in [0.2, 0.25) is 0 Å². The molecule has 0 bridgehead atoms. The summed E-state index contributed by atoms with van der Waals surface area (Å²) in [6.45, 7) is 0. The van der Waals surface area contributed by atoms with Crippen molar-refractivity contribution in [3.63, 3.8) is 0 Å². The molecule has 0 aromatic carbocycles. The lowest BCUT2D eigenvalue weighted by molar-refractivity contribution is 1.40. The van der Waals surface area contributed by atoms with E-state index in [1.165, 1.54) is 12.6 Å². The molecule has 56 valence electrons. The lowest BCUT2D eigenvalue weighted by Crippen LogP contribution is -1.71. The number of hydrogen-bond donors (Lipinski definition) is 2. The Morgan fingerprint density at radius 1 is 1.55 bits per heavy atom. The average Bonchev–Trinajstić information content (AvgIpc) is 2.50. The molecule has 0 atom stereocenters. The Morgan fingerprint density at radius 2 is 2.45 bits per heavy atom. The first-order valence-corrected chi connectivity index (χ1v) is 3.11. The van der Waals surface area contributed by atoms with Crippen molar-refractivity contribution in [2.45, 2.75) is 0 Å². The normalized spacial score (nSPS) is 11.3. The molecule has 0 radical (unpaired) electrons. The van der Waals surface area contributed by atoms with Crippen LogP contribution in [0, 0.1) is 5.41 Å². The van der Waals surface area contributed by atoms with Crippen LogP contribution in [0.15, 0.2) is 28.4 Å². The Hall–Kier alpha value is -1.71. The van der Waals surface area contributed by atoms with Crippen LogP contribution in [0.5, 0.6) is 0 Å². The molecule has 11 heavy (non-hydrogen) atoms. The fourth-order valence-corrected chi connectivity index (χ4v) is 0.577. The number of H-pyrrole nitrogens is 1. The molecule has 1 aromatic rings. The van der Waals surface area contributed by atoms with Crippen molar-refractivity contribution in [1.82, 2.24) is 4.98 Å². The van der Waals surface area contributed by atoms with Gasteiger partial charge in [0.1, 0.15) is 6.34 Å². The van der Waals surface area contributed by atoms with Gasteiger partial charge in [-0.2, -0.15) is 0 Å². The molecule has 2 N–H and O–H groups in total. The zero-order chi connectivity index (χ0) is 7.94. The summed E-state index contributed by atoms with van der Waals surface area (Å²) in [6.07, 6.45) is 7.40. The summed E-state index contributed by atoms with van der Waals surface area (Å²) < 4.78 is 0. The monoisotopic (exact) mass is 148 g/mol. The van der Waals surface area contributed by atoms with Crippen LogP contribution in [-0.4, -0.2) is 23.8 Å². The van der Waals surface area contributed by atoms with Crippen LogP contribution in [0.1, 0.15) is 0 Å². The van der Waals surface area contributed by atoms with E-state index in [4.69, 9.17) is 5.41 Å². The second-order valence-corrected chi connectivity index (χ2v) is 1.78. The standard InChI is InChI=1S/C7H8N4/c8-2-4-10-6-11-7-1-3-9-5-7/h1-6,8-9H. The van der Waals surface area contributed by atoms with Crippen LogP contribution < -0.4 is 0 Å². The van der Waals surface area contributed by atoms with Gasteiger partial charge in [-0.25, -0.2) is 9.98 Å². The molecule has 4 nitrogen and oxygen atoms in total. The van der Waals surface area contributed by atoms with Crippen molar-refractivity contribution < 1.29 is 0 Å².